The Labute approximate surface area is 152 Å². The molecular formula is C16H23ClN4O4. The number of halogens is 1. The van der Waals surface area contributed by atoms with Crippen molar-refractivity contribution in [3.8, 4) is 5.75 Å². The average Bonchev–Trinajstić information content (AvgIpc) is 2.79. The molecule has 0 spiro atoms. The Kier molecular flexibility index (Phi) is 6.63. The van der Waals surface area contributed by atoms with Crippen LogP contribution in [0.3, 0.4) is 0 Å². The standard InChI is InChI=1S/C16H22N4O4.ClH/c1-4-16(5-2)14(22)20(15(23)19-16)9-13(21)18-10-6-7-12(24-3)11(17)8-10;/h6-8H,4-5,9,17H2,1-3H3,(H,18,21)(H,19,23);1H. The minimum Gasteiger partial charge on any atom is -0.495 e. The minimum absolute atomic E-state index is 0. The molecule has 0 aromatic heterocycles. The lowest BCUT2D eigenvalue weighted by Crippen LogP contribution is -2.46. The van der Waals surface area contributed by atoms with Crippen LogP contribution in [0.15, 0.2) is 18.2 Å². The van der Waals surface area contributed by atoms with Gasteiger partial charge in [0.05, 0.1) is 12.8 Å². The zero-order chi connectivity index (χ0) is 17.9. The molecule has 138 valence electrons. The van der Waals surface area contributed by atoms with Crippen LogP contribution >= 0.6 is 12.4 Å². The number of rotatable bonds is 6. The molecule has 0 saturated carbocycles. The van der Waals surface area contributed by atoms with E-state index < -0.39 is 17.5 Å². The Balaban J connectivity index is 0.00000312. The first-order chi connectivity index (χ1) is 11.4. The number of hydrogen-bond acceptors (Lipinski definition) is 5. The van der Waals surface area contributed by atoms with E-state index in [4.69, 9.17) is 10.5 Å². The van der Waals surface area contributed by atoms with Gasteiger partial charge >= 0.3 is 6.03 Å². The number of ether oxygens (including phenoxy) is 1. The smallest absolute Gasteiger partial charge is 0.325 e. The molecule has 1 aromatic rings. The summed E-state index contributed by atoms with van der Waals surface area (Å²) in [6.45, 7) is 3.30. The zero-order valence-electron chi connectivity index (χ0n) is 14.4. The lowest BCUT2D eigenvalue weighted by atomic mass is 9.93. The number of nitrogen functional groups attached to an aromatic ring is 1. The highest BCUT2D eigenvalue weighted by Gasteiger charge is 2.49. The summed E-state index contributed by atoms with van der Waals surface area (Å²) in [6.07, 6.45) is 0.947. The molecule has 8 nitrogen and oxygen atoms in total. The largest absolute Gasteiger partial charge is 0.495 e. The van der Waals surface area contributed by atoms with E-state index in [1.54, 1.807) is 18.2 Å². The maximum absolute atomic E-state index is 12.5. The quantitative estimate of drug-likeness (QED) is 0.521. The molecule has 0 aliphatic carbocycles. The topological polar surface area (TPSA) is 114 Å². The van der Waals surface area contributed by atoms with Crippen LogP contribution in [0, 0.1) is 0 Å². The second kappa shape index (κ2) is 8.06. The Bertz CT molecular complexity index is 676. The number of imide groups is 1. The number of nitrogens with zero attached hydrogens (tertiary/aromatic N) is 1. The van der Waals surface area contributed by atoms with Crippen molar-refractivity contribution in [3.05, 3.63) is 18.2 Å². The highest BCUT2D eigenvalue weighted by Crippen LogP contribution is 2.26. The molecule has 1 aliphatic rings. The van der Waals surface area contributed by atoms with E-state index in [1.807, 2.05) is 13.8 Å². The van der Waals surface area contributed by atoms with Crippen LogP contribution in [0.25, 0.3) is 0 Å². The maximum atomic E-state index is 12.5. The van der Waals surface area contributed by atoms with Crippen molar-refractivity contribution in [1.82, 2.24) is 10.2 Å². The number of nitrogens with one attached hydrogen (secondary N) is 2. The average molecular weight is 371 g/mol. The van der Waals surface area contributed by atoms with Gasteiger partial charge in [0.15, 0.2) is 0 Å². The molecular weight excluding hydrogens is 348 g/mol. The SMILES string of the molecule is CCC1(CC)NC(=O)N(CC(=O)Nc2ccc(OC)c(N)c2)C1=O.Cl. The van der Waals surface area contributed by atoms with Crippen molar-refractivity contribution in [2.75, 3.05) is 24.7 Å². The Morgan fingerprint density at radius 2 is 1.96 bits per heavy atom. The first-order valence-electron chi connectivity index (χ1n) is 7.74. The van der Waals surface area contributed by atoms with Gasteiger partial charge in [-0.3, -0.25) is 14.5 Å². The van der Waals surface area contributed by atoms with Crippen LogP contribution < -0.4 is 21.1 Å². The van der Waals surface area contributed by atoms with Gasteiger partial charge in [-0.2, -0.15) is 0 Å². The van der Waals surface area contributed by atoms with Gasteiger partial charge in [-0.05, 0) is 31.0 Å². The van der Waals surface area contributed by atoms with Gasteiger partial charge in [0, 0.05) is 5.69 Å². The van der Waals surface area contributed by atoms with E-state index in [0.29, 0.717) is 30.0 Å². The highest BCUT2D eigenvalue weighted by atomic mass is 35.5. The van der Waals surface area contributed by atoms with Gasteiger partial charge in [-0.25, -0.2) is 4.79 Å². The molecule has 1 aromatic carbocycles. The van der Waals surface area contributed by atoms with Crippen LogP contribution in [0.4, 0.5) is 16.2 Å². The number of nitrogens with two attached hydrogens (primary N) is 1. The molecule has 2 rings (SSSR count). The lowest BCUT2D eigenvalue weighted by molar-refractivity contribution is -0.134. The van der Waals surface area contributed by atoms with Crippen LogP contribution in [0.1, 0.15) is 26.7 Å². The number of urea groups is 1. The Hall–Kier alpha value is -2.48. The van der Waals surface area contributed by atoms with Gasteiger partial charge in [-0.1, -0.05) is 13.8 Å². The molecule has 0 bridgehead atoms. The van der Waals surface area contributed by atoms with E-state index in [1.165, 1.54) is 7.11 Å². The molecule has 1 fully saturated rings. The van der Waals surface area contributed by atoms with E-state index in [2.05, 4.69) is 10.6 Å². The molecule has 0 atom stereocenters. The van der Waals surface area contributed by atoms with Crippen LogP contribution in [0.5, 0.6) is 5.75 Å². The van der Waals surface area contributed by atoms with E-state index in [0.717, 1.165) is 4.90 Å². The number of methoxy groups -OCH3 is 1. The maximum Gasteiger partial charge on any atom is 0.325 e. The molecule has 1 heterocycles. The van der Waals surface area contributed by atoms with Gasteiger partial charge in [0.25, 0.3) is 5.91 Å². The van der Waals surface area contributed by atoms with Crippen molar-refractivity contribution in [2.24, 2.45) is 0 Å². The molecule has 0 radical (unpaired) electrons. The predicted molar refractivity (Wildman–Crippen MR) is 96.8 cm³/mol. The van der Waals surface area contributed by atoms with Crippen LogP contribution in [0.2, 0.25) is 0 Å². The highest BCUT2D eigenvalue weighted by molar-refractivity contribution is 6.10. The van der Waals surface area contributed by atoms with Gasteiger partial charge in [0.2, 0.25) is 5.91 Å². The number of anilines is 2. The molecule has 4 amide bonds. The van der Waals surface area contributed by atoms with Crippen molar-refractivity contribution in [2.45, 2.75) is 32.2 Å². The van der Waals surface area contributed by atoms with Crippen LogP contribution in [-0.2, 0) is 9.59 Å². The molecule has 4 N–H and O–H groups in total. The first-order valence-corrected chi connectivity index (χ1v) is 7.74. The molecule has 9 heteroatoms. The van der Waals surface area contributed by atoms with Crippen molar-refractivity contribution in [3.63, 3.8) is 0 Å². The summed E-state index contributed by atoms with van der Waals surface area (Å²) in [5, 5.41) is 5.30. The summed E-state index contributed by atoms with van der Waals surface area (Å²) in [7, 11) is 1.50. The second-order valence-electron chi connectivity index (χ2n) is 5.62. The fraction of sp³-hybridized carbons (Fsp3) is 0.438. The molecule has 1 saturated heterocycles. The van der Waals surface area contributed by atoms with Gasteiger partial charge in [0.1, 0.15) is 17.8 Å². The van der Waals surface area contributed by atoms with Crippen molar-refractivity contribution in [1.29, 1.82) is 0 Å². The summed E-state index contributed by atoms with van der Waals surface area (Å²) in [5.41, 5.74) is 5.70. The van der Waals surface area contributed by atoms with E-state index >= 15 is 0 Å². The van der Waals surface area contributed by atoms with Crippen LogP contribution in [-0.4, -0.2) is 41.9 Å². The predicted octanol–water partition coefficient (Wildman–Crippen LogP) is 1.75. The summed E-state index contributed by atoms with van der Waals surface area (Å²) < 4.78 is 5.04. The third kappa shape index (κ3) is 3.96. The molecule has 1 aliphatic heterocycles. The fourth-order valence-corrected chi connectivity index (χ4v) is 2.71. The number of hydrogen-bond donors (Lipinski definition) is 3. The first kappa shape index (κ1) is 20.6. The third-order valence-electron chi connectivity index (χ3n) is 4.27. The van der Waals surface area contributed by atoms with Crippen molar-refractivity contribution < 1.29 is 19.1 Å². The normalized spacial score (nSPS) is 15.4. The van der Waals surface area contributed by atoms with Gasteiger partial charge < -0.3 is 21.1 Å². The Morgan fingerprint density at radius 3 is 2.44 bits per heavy atom. The molecule has 25 heavy (non-hydrogen) atoms. The summed E-state index contributed by atoms with van der Waals surface area (Å²) >= 11 is 0. The number of amides is 4. The molecule has 0 unspecified atom stereocenters. The third-order valence-corrected chi connectivity index (χ3v) is 4.27. The second-order valence-corrected chi connectivity index (χ2v) is 5.62. The summed E-state index contributed by atoms with van der Waals surface area (Å²) in [4.78, 5) is 37.6. The summed E-state index contributed by atoms with van der Waals surface area (Å²) in [5.74, 6) is -0.356. The van der Waals surface area contributed by atoms with E-state index in [9.17, 15) is 14.4 Å². The lowest BCUT2D eigenvalue weighted by Gasteiger charge is -2.23. The van der Waals surface area contributed by atoms with Crippen molar-refractivity contribution >= 4 is 41.6 Å². The van der Waals surface area contributed by atoms with E-state index in [-0.39, 0.29) is 24.9 Å². The monoisotopic (exact) mass is 370 g/mol. The number of carbonyl (C=O) groups excluding carboxylic acids is 3. The number of benzene rings is 1. The zero-order valence-corrected chi connectivity index (χ0v) is 15.2. The number of carbonyl (C=O) groups is 3. The fourth-order valence-electron chi connectivity index (χ4n) is 2.71. The van der Waals surface area contributed by atoms with Gasteiger partial charge in [-0.15, -0.1) is 12.4 Å². The summed E-state index contributed by atoms with van der Waals surface area (Å²) in [6, 6.07) is 4.25. The minimum atomic E-state index is -0.915. The Morgan fingerprint density at radius 1 is 1.32 bits per heavy atom.